The predicted octanol–water partition coefficient (Wildman–Crippen LogP) is 0.348. The Kier molecular flexibility index (Phi) is 4.33. The average molecular weight is 300 g/mol. The smallest absolute Gasteiger partial charge is 0.243 e. The van der Waals surface area contributed by atoms with Crippen molar-refractivity contribution in [2.24, 2.45) is 0 Å². The largest absolute Gasteiger partial charge is 0.399 e. The fourth-order valence-electron chi connectivity index (χ4n) is 2.26. The molecule has 2 rings (SSSR count). The van der Waals surface area contributed by atoms with Gasteiger partial charge in [-0.15, -0.1) is 0 Å². The summed E-state index contributed by atoms with van der Waals surface area (Å²) in [6.45, 7) is 3.80. The maximum atomic E-state index is 12.6. The first kappa shape index (κ1) is 15.2. The van der Waals surface area contributed by atoms with Crippen molar-refractivity contribution >= 4 is 15.7 Å². The van der Waals surface area contributed by atoms with Crippen molar-refractivity contribution in [1.29, 1.82) is 0 Å². The number of nitrogen functional groups attached to an aromatic ring is 1. The molecule has 3 N–H and O–H groups in total. The molecule has 0 spiro atoms. The molecule has 1 saturated heterocycles. The van der Waals surface area contributed by atoms with Crippen molar-refractivity contribution in [2.45, 2.75) is 31.0 Å². The zero-order chi connectivity index (χ0) is 14.9. The first-order valence-corrected chi connectivity index (χ1v) is 7.91. The van der Waals surface area contributed by atoms with E-state index in [2.05, 4.69) is 0 Å². The number of benzene rings is 1. The molecule has 2 unspecified atom stereocenters. The van der Waals surface area contributed by atoms with Crippen LogP contribution in [0.25, 0.3) is 0 Å². The van der Waals surface area contributed by atoms with Crippen LogP contribution in [0.5, 0.6) is 0 Å². The maximum Gasteiger partial charge on any atom is 0.243 e. The Labute approximate surface area is 119 Å². The number of sulfonamides is 1. The third-order valence-corrected chi connectivity index (χ3v) is 5.20. The maximum absolute atomic E-state index is 12.6. The van der Waals surface area contributed by atoms with Gasteiger partial charge in [0.2, 0.25) is 10.0 Å². The van der Waals surface area contributed by atoms with E-state index in [4.69, 9.17) is 10.5 Å². The second-order valence-corrected chi connectivity index (χ2v) is 7.03. The highest BCUT2D eigenvalue weighted by Crippen LogP contribution is 2.23. The molecule has 1 aromatic carbocycles. The first-order valence-electron chi connectivity index (χ1n) is 6.47. The van der Waals surface area contributed by atoms with Crippen molar-refractivity contribution in [3.63, 3.8) is 0 Å². The van der Waals surface area contributed by atoms with Crippen molar-refractivity contribution in [3.8, 4) is 0 Å². The second-order valence-electron chi connectivity index (χ2n) is 5.09. The number of aliphatic hydroxyl groups excluding tert-OH is 1. The molecule has 0 radical (unpaired) electrons. The summed E-state index contributed by atoms with van der Waals surface area (Å²) in [7, 11) is -3.59. The number of aliphatic hydroxyl groups is 1. The highest BCUT2D eigenvalue weighted by molar-refractivity contribution is 7.89. The summed E-state index contributed by atoms with van der Waals surface area (Å²) in [6, 6.07) is 4.67. The number of nitrogens with zero attached hydrogens (tertiary/aromatic N) is 1. The molecule has 1 aliphatic rings. The van der Waals surface area contributed by atoms with Gasteiger partial charge >= 0.3 is 0 Å². The minimum Gasteiger partial charge on any atom is -0.399 e. The summed E-state index contributed by atoms with van der Waals surface area (Å²) in [5.74, 6) is 0. The highest BCUT2D eigenvalue weighted by Gasteiger charge is 2.33. The fraction of sp³-hybridized carbons (Fsp3) is 0.538. The Morgan fingerprint density at radius 2 is 2.15 bits per heavy atom. The zero-order valence-electron chi connectivity index (χ0n) is 11.6. The Bertz CT molecular complexity index is 588. The SMILES string of the molecule is Cc1cc(S(=O)(=O)N2CC(C)OC(CO)C2)ccc1N. The van der Waals surface area contributed by atoms with Crippen molar-refractivity contribution in [3.05, 3.63) is 23.8 Å². The van der Waals surface area contributed by atoms with E-state index in [9.17, 15) is 13.5 Å². The lowest BCUT2D eigenvalue weighted by molar-refractivity contribution is -0.0750. The van der Waals surface area contributed by atoms with Gasteiger partial charge in [0.25, 0.3) is 0 Å². The van der Waals surface area contributed by atoms with E-state index in [0.29, 0.717) is 5.69 Å². The number of morpholine rings is 1. The van der Waals surface area contributed by atoms with Crippen LogP contribution in [-0.4, -0.2) is 49.7 Å². The predicted molar refractivity (Wildman–Crippen MR) is 75.8 cm³/mol. The van der Waals surface area contributed by atoms with Crippen molar-refractivity contribution in [1.82, 2.24) is 4.31 Å². The molecule has 0 aliphatic carbocycles. The van der Waals surface area contributed by atoms with Crippen LogP contribution in [0, 0.1) is 6.92 Å². The standard InChI is InChI=1S/C13H20N2O4S/c1-9-5-12(3-4-13(9)14)20(17,18)15-6-10(2)19-11(7-15)8-16/h3-5,10-11,16H,6-8,14H2,1-2H3. The van der Waals surface area contributed by atoms with Gasteiger partial charge in [0, 0.05) is 18.8 Å². The lowest BCUT2D eigenvalue weighted by Crippen LogP contribution is -2.50. The van der Waals surface area contributed by atoms with Crippen LogP contribution in [-0.2, 0) is 14.8 Å². The lowest BCUT2D eigenvalue weighted by atomic mass is 10.2. The minimum atomic E-state index is -3.59. The summed E-state index contributed by atoms with van der Waals surface area (Å²) in [5.41, 5.74) is 7.00. The number of hydrogen-bond acceptors (Lipinski definition) is 5. The third-order valence-electron chi connectivity index (χ3n) is 3.38. The van der Waals surface area contributed by atoms with Crippen LogP contribution >= 0.6 is 0 Å². The average Bonchev–Trinajstić information content (AvgIpc) is 2.41. The van der Waals surface area contributed by atoms with Gasteiger partial charge in [-0.1, -0.05) is 0 Å². The Hall–Kier alpha value is -1.15. The number of anilines is 1. The monoisotopic (exact) mass is 300 g/mol. The van der Waals surface area contributed by atoms with Crippen LogP contribution in [0.3, 0.4) is 0 Å². The molecule has 1 fully saturated rings. The highest BCUT2D eigenvalue weighted by atomic mass is 32.2. The van der Waals surface area contributed by atoms with Gasteiger partial charge in [-0.3, -0.25) is 0 Å². The third kappa shape index (κ3) is 2.95. The summed E-state index contributed by atoms with van der Waals surface area (Å²) in [5, 5.41) is 9.18. The molecule has 1 heterocycles. The van der Waals surface area contributed by atoms with Gasteiger partial charge in [0.05, 0.1) is 23.7 Å². The molecule has 20 heavy (non-hydrogen) atoms. The fourth-order valence-corrected chi connectivity index (χ4v) is 3.89. The van der Waals surface area contributed by atoms with E-state index >= 15 is 0 Å². The van der Waals surface area contributed by atoms with Crippen LogP contribution in [0.15, 0.2) is 23.1 Å². The molecule has 1 aliphatic heterocycles. The van der Waals surface area contributed by atoms with Gasteiger partial charge < -0.3 is 15.6 Å². The molecule has 1 aromatic rings. The minimum absolute atomic E-state index is 0.159. The molecule has 6 nitrogen and oxygen atoms in total. The second kappa shape index (κ2) is 5.69. The molecule has 7 heteroatoms. The van der Waals surface area contributed by atoms with Gasteiger partial charge in [-0.2, -0.15) is 4.31 Å². The topological polar surface area (TPSA) is 92.9 Å². The van der Waals surface area contributed by atoms with Crippen LogP contribution < -0.4 is 5.73 Å². The van der Waals surface area contributed by atoms with Gasteiger partial charge in [-0.05, 0) is 37.6 Å². The summed E-state index contributed by atoms with van der Waals surface area (Å²) in [4.78, 5) is 0.218. The van der Waals surface area contributed by atoms with E-state index in [1.54, 1.807) is 26.0 Å². The molecule has 0 amide bonds. The normalized spacial score (nSPS) is 24.8. The summed E-state index contributed by atoms with van der Waals surface area (Å²) < 4.78 is 32.0. The van der Waals surface area contributed by atoms with Crippen molar-refractivity contribution in [2.75, 3.05) is 25.4 Å². The van der Waals surface area contributed by atoms with Gasteiger partial charge in [-0.25, -0.2) is 8.42 Å². The Balaban J connectivity index is 2.31. The molecule has 2 atom stereocenters. The molecule has 0 bridgehead atoms. The van der Waals surface area contributed by atoms with Crippen LogP contribution in [0.4, 0.5) is 5.69 Å². The molecule has 0 aromatic heterocycles. The molecular weight excluding hydrogens is 280 g/mol. The Morgan fingerprint density at radius 1 is 1.45 bits per heavy atom. The van der Waals surface area contributed by atoms with Crippen LogP contribution in [0.1, 0.15) is 12.5 Å². The lowest BCUT2D eigenvalue weighted by Gasteiger charge is -2.35. The number of nitrogens with two attached hydrogens (primary N) is 1. The van der Waals surface area contributed by atoms with Gasteiger partial charge in [0.15, 0.2) is 0 Å². The number of ether oxygens (including phenoxy) is 1. The summed E-state index contributed by atoms with van der Waals surface area (Å²) in [6.07, 6.45) is -0.728. The molecule has 0 saturated carbocycles. The van der Waals surface area contributed by atoms with E-state index in [0.717, 1.165) is 5.56 Å². The number of hydrogen-bond donors (Lipinski definition) is 2. The van der Waals surface area contributed by atoms with Crippen LogP contribution in [0.2, 0.25) is 0 Å². The zero-order valence-corrected chi connectivity index (χ0v) is 12.4. The quantitative estimate of drug-likeness (QED) is 0.786. The van der Waals surface area contributed by atoms with E-state index in [1.807, 2.05) is 0 Å². The van der Waals surface area contributed by atoms with E-state index in [-0.39, 0.29) is 30.7 Å². The number of aryl methyl sites for hydroxylation is 1. The Morgan fingerprint density at radius 3 is 2.75 bits per heavy atom. The van der Waals surface area contributed by atoms with Gasteiger partial charge in [0.1, 0.15) is 0 Å². The van der Waals surface area contributed by atoms with E-state index in [1.165, 1.54) is 10.4 Å². The van der Waals surface area contributed by atoms with E-state index < -0.39 is 16.1 Å². The number of rotatable bonds is 3. The molecule has 112 valence electrons. The van der Waals surface area contributed by atoms with Crippen molar-refractivity contribution < 1.29 is 18.3 Å². The first-order chi connectivity index (χ1) is 9.34. The molecular formula is C13H20N2O4S. The summed E-state index contributed by atoms with van der Waals surface area (Å²) >= 11 is 0.